The Morgan fingerprint density at radius 1 is 1.50 bits per heavy atom. The van der Waals surface area contributed by atoms with Gasteiger partial charge in [0.1, 0.15) is 6.54 Å². The number of tetrazole rings is 1. The quantitative estimate of drug-likeness (QED) is 0.476. The average molecular weight is 198 g/mol. The topological polar surface area (TPSA) is 87.0 Å². The Morgan fingerprint density at radius 2 is 2.21 bits per heavy atom. The van der Waals surface area contributed by atoms with Crippen LogP contribution < -0.4 is 0 Å². The molecule has 0 aliphatic carbocycles. The number of hydrogen-bond donors (Lipinski definition) is 0. The lowest BCUT2D eigenvalue weighted by Crippen LogP contribution is -2.18. The minimum absolute atomic E-state index is 0.0538. The lowest BCUT2D eigenvalue weighted by Gasteiger charge is -2.01. The summed E-state index contributed by atoms with van der Waals surface area (Å²) in [6, 6.07) is 0. The van der Waals surface area contributed by atoms with Gasteiger partial charge in [-0.15, -0.1) is 5.10 Å². The third-order valence-corrected chi connectivity index (χ3v) is 1.43. The number of carbonyl (C=O) groups is 2. The minimum Gasteiger partial charge on any atom is -0.465 e. The summed E-state index contributed by atoms with van der Waals surface area (Å²) in [5.41, 5.74) is 0. The minimum atomic E-state index is -0.470. The van der Waals surface area contributed by atoms with E-state index in [1.807, 2.05) is 0 Å². The molecular weight excluding hydrogens is 188 g/mol. The van der Waals surface area contributed by atoms with Crippen molar-refractivity contribution in [2.75, 3.05) is 6.61 Å². The van der Waals surface area contributed by atoms with Crippen LogP contribution in [0.2, 0.25) is 0 Å². The summed E-state index contributed by atoms with van der Waals surface area (Å²) in [7, 11) is 0. The number of ether oxygens (including phenoxy) is 1. The van der Waals surface area contributed by atoms with Crippen LogP contribution in [-0.4, -0.2) is 38.6 Å². The van der Waals surface area contributed by atoms with E-state index in [2.05, 4.69) is 20.3 Å². The zero-order valence-electron chi connectivity index (χ0n) is 7.93. The molecule has 76 valence electrons. The molecule has 0 bridgehead atoms. The van der Waals surface area contributed by atoms with Crippen molar-refractivity contribution in [3.8, 4) is 0 Å². The van der Waals surface area contributed by atoms with E-state index in [0.29, 0.717) is 0 Å². The van der Waals surface area contributed by atoms with Crippen LogP contribution in [0.3, 0.4) is 0 Å². The molecule has 0 fully saturated rings. The highest BCUT2D eigenvalue weighted by Crippen LogP contribution is 1.94. The van der Waals surface area contributed by atoms with E-state index in [1.165, 1.54) is 6.92 Å². The maximum absolute atomic E-state index is 11.0. The normalized spacial score (nSPS) is 9.86. The van der Waals surface area contributed by atoms with Crippen molar-refractivity contribution >= 4 is 11.8 Å². The largest absolute Gasteiger partial charge is 0.465 e. The van der Waals surface area contributed by atoms with Gasteiger partial charge in [0.25, 0.3) is 0 Å². The highest BCUT2D eigenvalue weighted by atomic mass is 16.5. The molecule has 0 aromatic carbocycles. The first-order valence-corrected chi connectivity index (χ1v) is 4.08. The Labute approximate surface area is 80.0 Å². The number of ketones is 1. The number of rotatable bonds is 4. The zero-order chi connectivity index (χ0) is 10.6. The third kappa shape index (κ3) is 2.35. The summed E-state index contributed by atoms with van der Waals surface area (Å²) in [5.74, 6) is -0.709. The molecule has 0 aliphatic rings. The molecule has 0 unspecified atom stereocenters. The van der Waals surface area contributed by atoms with E-state index in [9.17, 15) is 9.59 Å². The molecule has 1 aromatic heterocycles. The number of Topliss-reactive ketones (excluding diaryl/α,β-unsaturated/α-hetero) is 1. The van der Waals surface area contributed by atoms with E-state index in [-0.39, 0.29) is 24.8 Å². The van der Waals surface area contributed by atoms with Crippen LogP contribution in [0.1, 0.15) is 24.5 Å². The van der Waals surface area contributed by atoms with Crippen LogP contribution in [-0.2, 0) is 16.1 Å². The lowest BCUT2D eigenvalue weighted by atomic mass is 10.4. The van der Waals surface area contributed by atoms with Crippen LogP contribution in [0.25, 0.3) is 0 Å². The van der Waals surface area contributed by atoms with Crippen molar-refractivity contribution in [2.24, 2.45) is 0 Å². The fourth-order valence-electron chi connectivity index (χ4n) is 0.892. The molecule has 1 rings (SSSR count). The molecule has 14 heavy (non-hydrogen) atoms. The summed E-state index contributed by atoms with van der Waals surface area (Å²) in [5, 5.41) is 10.3. The molecule has 0 N–H and O–H groups in total. The van der Waals surface area contributed by atoms with Crippen molar-refractivity contribution in [1.82, 2.24) is 20.2 Å². The highest BCUT2D eigenvalue weighted by Gasteiger charge is 2.13. The zero-order valence-corrected chi connectivity index (χ0v) is 7.93. The fourth-order valence-corrected chi connectivity index (χ4v) is 0.892. The fraction of sp³-hybridized carbons (Fsp3) is 0.571. The Morgan fingerprint density at radius 3 is 2.79 bits per heavy atom. The number of carbonyl (C=O) groups excluding carboxylic acids is 2. The van der Waals surface area contributed by atoms with Crippen molar-refractivity contribution < 1.29 is 14.3 Å². The van der Waals surface area contributed by atoms with Gasteiger partial charge in [0.15, 0.2) is 5.78 Å². The first kappa shape index (κ1) is 10.3. The van der Waals surface area contributed by atoms with Gasteiger partial charge in [-0.2, -0.15) is 0 Å². The summed E-state index contributed by atoms with van der Waals surface area (Å²) in [6.45, 7) is 3.17. The SMILES string of the molecule is CCOC(=O)Cn1nnnc1C(C)=O. The first-order valence-electron chi connectivity index (χ1n) is 4.08. The Kier molecular flexibility index (Phi) is 3.27. The van der Waals surface area contributed by atoms with Gasteiger partial charge in [-0.25, -0.2) is 4.68 Å². The first-order chi connectivity index (χ1) is 6.65. The molecule has 0 radical (unpaired) electrons. The molecule has 7 nitrogen and oxygen atoms in total. The van der Waals surface area contributed by atoms with Crippen LogP contribution in [0.4, 0.5) is 0 Å². The van der Waals surface area contributed by atoms with Crippen molar-refractivity contribution in [2.45, 2.75) is 20.4 Å². The molecule has 0 saturated heterocycles. The standard InChI is InChI=1S/C7H10N4O3/c1-3-14-6(13)4-11-7(5(2)12)8-9-10-11/h3-4H2,1-2H3. The highest BCUT2D eigenvalue weighted by molar-refractivity contribution is 5.90. The average Bonchev–Trinajstić information content (AvgIpc) is 2.52. The number of aromatic nitrogens is 4. The smallest absolute Gasteiger partial charge is 0.327 e. The maximum Gasteiger partial charge on any atom is 0.327 e. The van der Waals surface area contributed by atoms with E-state index in [0.717, 1.165) is 4.68 Å². The van der Waals surface area contributed by atoms with Crippen molar-refractivity contribution in [3.63, 3.8) is 0 Å². The van der Waals surface area contributed by atoms with Gasteiger partial charge in [-0.3, -0.25) is 9.59 Å². The molecule has 0 amide bonds. The molecule has 0 spiro atoms. The molecule has 0 saturated carbocycles. The Balaban J connectivity index is 2.71. The van der Waals surface area contributed by atoms with Gasteiger partial charge in [0.2, 0.25) is 5.82 Å². The van der Waals surface area contributed by atoms with Crippen molar-refractivity contribution in [1.29, 1.82) is 0 Å². The number of nitrogens with zero attached hydrogens (tertiary/aromatic N) is 4. The van der Waals surface area contributed by atoms with Crippen molar-refractivity contribution in [3.05, 3.63) is 5.82 Å². The van der Waals surface area contributed by atoms with Gasteiger partial charge < -0.3 is 4.74 Å². The van der Waals surface area contributed by atoms with E-state index in [1.54, 1.807) is 6.92 Å². The second-order valence-electron chi connectivity index (χ2n) is 2.52. The van der Waals surface area contributed by atoms with E-state index < -0.39 is 5.97 Å². The Hall–Kier alpha value is -1.79. The molecular formula is C7H10N4O3. The predicted octanol–water partition coefficient (Wildman–Crippen LogP) is -0.561. The molecule has 7 heteroatoms. The monoisotopic (exact) mass is 198 g/mol. The summed E-state index contributed by atoms with van der Waals surface area (Å²) in [4.78, 5) is 22.0. The van der Waals surface area contributed by atoms with Gasteiger partial charge in [0, 0.05) is 6.92 Å². The van der Waals surface area contributed by atoms with Gasteiger partial charge in [-0.1, -0.05) is 0 Å². The molecule has 0 aliphatic heterocycles. The van der Waals surface area contributed by atoms with Gasteiger partial charge in [-0.05, 0) is 17.4 Å². The van der Waals surface area contributed by atoms with Gasteiger partial charge >= 0.3 is 5.97 Å². The summed E-state index contributed by atoms with van der Waals surface area (Å²) < 4.78 is 5.79. The molecule has 1 aromatic rings. The van der Waals surface area contributed by atoms with E-state index >= 15 is 0 Å². The number of esters is 1. The predicted molar refractivity (Wildman–Crippen MR) is 44.5 cm³/mol. The molecule has 1 heterocycles. The summed E-state index contributed by atoms with van der Waals surface area (Å²) in [6.07, 6.45) is 0. The lowest BCUT2D eigenvalue weighted by molar-refractivity contribution is -0.144. The maximum atomic E-state index is 11.0. The second-order valence-corrected chi connectivity index (χ2v) is 2.52. The third-order valence-electron chi connectivity index (χ3n) is 1.43. The second kappa shape index (κ2) is 4.45. The van der Waals surface area contributed by atoms with Crippen LogP contribution >= 0.6 is 0 Å². The van der Waals surface area contributed by atoms with Crippen LogP contribution in [0.15, 0.2) is 0 Å². The number of hydrogen-bond acceptors (Lipinski definition) is 6. The van der Waals surface area contributed by atoms with Crippen LogP contribution in [0, 0.1) is 0 Å². The Bertz CT molecular complexity index is 346. The molecule has 0 atom stereocenters. The van der Waals surface area contributed by atoms with Crippen LogP contribution in [0.5, 0.6) is 0 Å². The van der Waals surface area contributed by atoms with Gasteiger partial charge in [0.05, 0.1) is 6.61 Å². The summed E-state index contributed by atoms with van der Waals surface area (Å²) >= 11 is 0. The van der Waals surface area contributed by atoms with E-state index in [4.69, 9.17) is 0 Å².